The molecule has 108 valence electrons. The summed E-state index contributed by atoms with van der Waals surface area (Å²) in [5, 5.41) is 3.51. The maximum atomic E-state index is 5.34. The van der Waals surface area contributed by atoms with Gasteiger partial charge >= 0.3 is 0 Å². The standard InChI is InChI=1S/C16H28N2O/c1-14(2)10-17-11-16(13-19-4)18(3)12-15-8-6-5-7-9-15/h5-9,14,16-17H,10-13H2,1-4H3. The average Bonchev–Trinajstić information content (AvgIpc) is 2.38. The lowest BCUT2D eigenvalue weighted by atomic mass is 10.1. The number of ether oxygens (including phenoxy) is 1. The lowest BCUT2D eigenvalue weighted by Gasteiger charge is -2.28. The van der Waals surface area contributed by atoms with E-state index in [0.717, 1.165) is 26.2 Å². The molecule has 1 N–H and O–H groups in total. The summed E-state index contributed by atoms with van der Waals surface area (Å²) < 4.78 is 5.34. The molecule has 0 amide bonds. The molecule has 0 fully saturated rings. The van der Waals surface area contributed by atoms with Crippen molar-refractivity contribution >= 4 is 0 Å². The molecule has 1 rings (SSSR count). The maximum Gasteiger partial charge on any atom is 0.0630 e. The largest absolute Gasteiger partial charge is 0.383 e. The van der Waals surface area contributed by atoms with Crippen LogP contribution >= 0.6 is 0 Å². The number of nitrogens with zero attached hydrogens (tertiary/aromatic N) is 1. The second-order valence-electron chi connectivity index (χ2n) is 5.56. The van der Waals surface area contributed by atoms with E-state index in [0.29, 0.717) is 12.0 Å². The summed E-state index contributed by atoms with van der Waals surface area (Å²) >= 11 is 0. The Hall–Kier alpha value is -0.900. The highest BCUT2D eigenvalue weighted by Gasteiger charge is 2.14. The van der Waals surface area contributed by atoms with Crippen LogP contribution in [0, 0.1) is 5.92 Å². The molecule has 1 atom stereocenters. The second kappa shape index (κ2) is 9.08. The molecule has 3 heteroatoms. The zero-order valence-corrected chi connectivity index (χ0v) is 12.7. The van der Waals surface area contributed by atoms with Crippen molar-refractivity contribution in [1.29, 1.82) is 0 Å². The molecule has 3 nitrogen and oxygen atoms in total. The number of hydrogen-bond acceptors (Lipinski definition) is 3. The van der Waals surface area contributed by atoms with Crippen LogP contribution in [0.2, 0.25) is 0 Å². The molecule has 1 unspecified atom stereocenters. The summed E-state index contributed by atoms with van der Waals surface area (Å²) in [5.41, 5.74) is 1.34. The molecule has 1 aromatic rings. The zero-order valence-electron chi connectivity index (χ0n) is 12.7. The molecule has 0 saturated carbocycles. The van der Waals surface area contributed by atoms with Gasteiger partial charge in [0, 0.05) is 26.2 Å². The number of rotatable bonds is 9. The molecule has 0 aromatic heterocycles. The Bertz CT molecular complexity index is 327. The number of benzene rings is 1. The molecule has 19 heavy (non-hydrogen) atoms. The SMILES string of the molecule is COCC(CNCC(C)C)N(C)Cc1ccccc1. The Morgan fingerprint density at radius 1 is 1.16 bits per heavy atom. The van der Waals surface area contributed by atoms with Crippen LogP contribution in [0.4, 0.5) is 0 Å². The van der Waals surface area contributed by atoms with Crippen LogP contribution in [0.25, 0.3) is 0 Å². The first-order chi connectivity index (χ1) is 9.13. The highest BCUT2D eigenvalue weighted by Crippen LogP contribution is 2.06. The van der Waals surface area contributed by atoms with Crippen LogP contribution in [0.3, 0.4) is 0 Å². The number of likely N-dealkylation sites (N-methyl/N-ethyl adjacent to an activating group) is 1. The fourth-order valence-corrected chi connectivity index (χ4v) is 2.07. The molecule has 0 radical (unpaired) electrons. The summed E-state index contributed by atoms with van der Waals surface area (Å²) in [5.74, 6) is 0.683. The van der Waals surface area contributed by atoms with E-state index in [1.54, 1.807) is 7.11 Å². The van der Waals surface area contributed by atoms with Gasteiger partial charge in [-0.05, 0) is 25.1 Å². The van der Waals surface area contributed by atoms with E-state index in [2.05, 4.69) is 61.4 Å². The van der Waals surface area contributed by atoms with Gasteiger partial charge in [0.05, 0.1) is 6.61 Å². The van der Waals surface area contributed by atoms with Gasteiger partial charge in [-0.2, -0.15) is 0 Å². The van der Waals surface area contributed by atoms with E-state index < -0.39 is 0 Å². The van der Waals surface area contributed by atoms with Crippen LogP contribution in [0.15, 0.2) is 30.3 Å². The first-order valence-corrected chi connectivity index (χ1v) is 7.07. The molecular formula is C16H28N2O. The number of nitrogens with one attached hydrogen (secondary N) is 1. The van der Waals surface area contributed by atoms with Crippen LogP contribution in [0.5, 0.6) is 0 Å². The summed E-state index contributed by atoms with van der Waals surface area (Å²) in [6.07, 6.45) is 0. The summed E-state index contributed by atoms with van der Waals surface area (Å²) in [6.45, 7) is 8.19. The Morgan fingerprint density at radius 3 is 2.42 bits per heavy atom. The Morgan fingerprint density at radius 2 is 1.84 bits per heavy atom. The van der Waals surface area contributed by atoms with Gasteiger partial charge in [0.15, 0.2) is 0 Å². The van der Waals surface area contributed by atoms with Gasteiger partial charge in [-0.1, -0.05) is 44.2 Å². The quantitative estimate of drug-likeness (QED) is 0.741. The number of hydrogen-bond donors (Lipinski definition) is 1. The van der Waals surface area contributed by atoms with Gasteiger partial charge in [0.2, 0.25) is 0 Å². The van der Waals surface area contributed by atoms with Crippen molar-refractivity contribution in [2.24, 2.45) is 5.92 Å². The minimum Gasteiger partial charge on any atom is -0.383 e. The summed E-state index contributed by atoms with van der Waals surface area (Å²) in [6, 6.07) is 11.0. The molecule has 0 aliphatic carbocycles. The van der Waals surface area contributed by atoms with Crippen LogP contribution in [0.1, 0.15) is 19.4 Å². The minimum atomic E-state index is 0.406. The predicted molar refractivity (Wildman–Crippen MR) is 81.3 cm³/mol. The molecule has 0 aliphatic rings. The third kappa shape index (κ3) is 6.71. The highest BCUT2D eigenvalue weighted by atomic mass is 16.5. The van der Waals surface area contributed by atoms with Crippen LogP contribution < -0.4 is 5.32 Å². The van der Waals surface area contributed by atoms with E-state index in [9.17, 15) is 0 Å². The molecule has 0 saturated heterocycles. The summed E-state index contributed by atoms with van der Waals surface area (Å²) in [4.78, 5) is 2.35. The van der Waals surface area contributed by atoms with E-state index in [1.807, 2.05) is 0 Å². The van der Waals surface area contributed by atoms with E-state index >= 15 is 0 Å². The van der Waals surface area contributed by atoms with E-state index in [1.165, 1.54) is 5.56 Å². The van der Waals surface area contributed by atoms with Gasteiger partial charge in [-0.25, -0.2) is 0 Å². The van der Waals surface area contributed by atoms with Crippen molar-refractivity contribution in [3.05, 3.63) is 35.9 Å². The molecule has 0 aliphatic heterocycles. The lowest BCUT2D eigenvalue weighted by molar-refractivity contribution is 0.101. The fraction of sp³-hybridized carbons (Fsp3) is 0.625. The van der Waals surface area contributed by atoms with Crippen molar-refractivity contribution in [1.82, 2.24) is 10.2 Å². The Kier molecular flexibility index (Phi) is 7.72. The first kappa shape index (κ1) is 16.2. The summed E-state index contributed by atoms with van der Waals surface area (Å²) in [7, 11) is 3.93. The predicted octanol–water partition coefficient (Wildman–Crippen LogP) is 2.38. The van der Waals surface area contributed by atoms with Gasteiger partial charge in [0.1, 0.15) is 0 Å². The van der Waals surface area contributed by atoms with Crippen molar-refractivity contribution in [3.63, 3.8) is 0 Å². The van der Waals surface area contributed by atoms with Gasteiger partial charge in [0.25, 0.3) is 0 Å². The Balaban J connectivity index is 2.45. The number of methoxy groups -OCH3 is 1. The third-order valence-corrected chi connectivity index (χ3v) is 3.19. The molecular weight excluding hydrogens is 236 g/mol. The Labute approximate surface area is 118 Å². The van der Waals surface area contributed by atoms with E-state index in [-0.39, 0.29) is 0 Å². The minimum absolute atomic E-state index is 0.406. The van der Waals surface area contributed by atoms with Gasteiger partial charge < -0.3 is 10.1 Å². The molecule has 0 spiro atoms. The highest BCUT2D eigenvalue weighted by molar-refractivity contribution is 5.14. The zero-order chi connectivity index (χ0) is 14.1. The maximum absolute atomic E-state index is 5.34. The van der Waals surface area contributed by atoms with Crippen molar-refractivity contribution < 1.29 is 4.74 Å². The topological polar surface area (TPSA) is 24.5 Å². The monoisotopic (exact) mass is 264 g/mol. The van der Waals surface area contributed by atoms with Crippen molar-refractivity contribution in [2.45, 2.75) is 26.4 Å². The fourth-order valence-electron chi connectivity index (χ4n) is 2.07. The molecule has 1 aromatic carbocycles. The molecule has 0 heterocycles. The average molecular weight is 264 g/mol. The second-order valence-corrected chi connectivity index (χ2v) is 5.56. The van der Waals surface area contributed by atoms with Crippen molar-refractivity contribution in [3.8, 4) is 0 Å². The normalized spacial score (nSPS) is 13.2. The molecule has 0 bridgehead atoms. The van der Waals surface area contributed by atoms with Gasteiger partial charge in [-0.15, -0.1) is 0 Å². The smallest absolute Gasteiger partial charge is 0.0630 e. The van der Waals surface area contributed by atoms with E-state index in [4.69, 9.17) is 4.74 Å². The lowest BCUT2D eigenvalue weighted by Crippen LogP contribution is -2.43. The first-order valence-electron chi connectivity index (χ1n) is 7.07. The van der Waals surface area contributed by atoms with Gasteiger partial charge in [-0.3, -0.25) is 4.90 Å². The van der Waals surface area contributed by atoms with Crippen molar-refractivity contribution in [2.75, 3.05) is 33.9 Å². The third-order valence-electron chi connectivity index (χ3n) is 3.19. The van der Waals surface area contributed by atoms with Crippen LogP contribution in [-0.2, 0) is 11.3 Å². The van der Waals surface area contributed by atoms with Crippen LogP contribution in [-0.4, -0.2) is 44.8 Å².